The Morgan fingerprint density at radius 2 is 1.69 bits per heavy atom. The summed E-state index contributed by atoms with van der Waals surface area (Å²) in [7, 11) is 0. The standard InChI is InChI=1S/C15H21N/c1-15(2,3)13-6-4-11(5-7-13)8-12-9-14(16)10-12/h4-8,14H,9-10,16H2,1-3H3. The Kier molecular flexibility index (Phi) is 2.90. The number of benzene rings is 1. The van der Waals surface area contributed by atoms with Crippen molar-refractivity contribution in [2.45, 2.75) is 45.1 Å². The first kappa shape index (κ1) is 11.4. The molecule has 86 valence electrons. The van der Waals surface area contributed by atoms with Crippen LogP contribution in [0, 0.1) is 0 Å². The van der Waals surface area contributed by atoms with E-state index in [0.29, 0.717) is 6.04 Å². The van der Waals surface area contributed by atoms with Gasteiger partial charge in [-0.25, -0.2) is 0 Å². The van der Waals surface area contributed by atoms with Crippen molar-refractivity contribution >= 4 is 6.08 Å². The summed E-state index contributed by atoms with van der Waals surface area (Å²) in [6, 6.07) is 9.27. The summed E-state index contributed by atoms with van der Waals surface area (Å²) in [5, 5.41) is 0. The normalized spacial score (nSPS) is 20.5. The third-order valence-corrected chi connectivity index (χ3v) is 3.20. The minimum atomic E-state index is 0.241. The van der Waals surface area contributed by atoms with Gasteiger partial charge in [0.25, 0.3) is 0 Å². The number of hydrogen-bond donors (Lipinski definition) is 1. The molecule has 0 aliphatic heterocycles. The average molecular weight is 215 g/mol. The monoisotopic (exact) mass is 215 g/mol. The topological polar surface area (TPSA) is 26.0 Å². The number of nitrogens with two attached hydrogens (primary N) is 1. The minimum Gasteiger partial charge on any atom is -0.327 e. The molecule has 0 aromatic heterocycles. The highest BCUT2D eigenvalue weighted by Gasteiger charge is 2.18. The van der Waals surface area contributed by atoms with Crippen LogP contribution in [0.2, 0.25) is 0 Å². The molecule has 1 heteroatoms. The Bertz CT molecular complexity index is 384. The van der Waals surface area contributed by atoms with Crippen molar-refractivity contribution in [1.29, 1.82) is 0 Å². The number of rotatable bonds is 1. The van der Waals surface area contributed by atoms with Gasteiger partial charge >= 0.3 is 0 Å². The molecule has 1 aromatic carbocycles. The van der Waals surface area contributed by atoms with Gasteiger partial charge in [-0.3, -0.25) is 0 Å². The van der Waals surface area contributed by atoms with Crippen LogP contribution in [0.25, 0.3) is 6.08 Å². The molecule has 1 fully saturated rings. The molecule has 1 aliphatic rings. The maximum Gasteiger partial charge on any atom is 0.0114 e. The van der Waals surface area contributed by atoms with E-state index in [9.17, 15) is 0 Å². The Morgan fingerprint density at radius 3 is 2.12 bits per heavy atom. The van der Waals surface area contributed by atoms with Gasteiger partial charge < -0.3 is 5.73 Å². The molecule has 2 N–H and O–H groups in total. The molecule has 1 nitrogen and oxygen atoms in total. The molecule has 0 amide bonds. The van der Waals surface area contributed by atoms with Crippen LogP contribution in [-0.2, 0) is 5.41 Å². The molecule has 0 radical (unpaired) electrons. The zero-order valence-electron chi connectivity index (χ0n) is 10.5. The fraction of sp³-hybridized carbons (Fsp3) is 0.467. The zero-order chi connectivity index (χ0) is 11.8. The molecule has 1 saturated carbocycles. The third-order valence-electron chi connectivity index (χ3n) is 3.20. The van der Waals surface area contributed by atoms with Crippen LogP contribution in [0.4, 0.5) is 0 Å². The lowest BCUT2D eigenvalue weighted by Crippen LogP contribution is -2.29. The fourth-order valence-electron chi connectivity index (χ4n) is 2.05. The fourth-order valence-corrected chi connectivity index (χ4v) is 2.05. The van der Waals surface area contributed by atoms with Gasteiger partial charge in [-0.05, 0) is 29.4 Å². The van der Waals surface area contributed by atoms with Crippen LogP contribution in [0.5, 0.6) is 0 Å². The van der Waals surface area contributed by atoms with E-state index in [2.05, 4.69) is 51.1 Å². The largest absolute Gasteiger partial charge is 0.327 e. The predicted octanol–water partition coefficient (Wildman–Crippen LogP) is 3.49. The molecule has 1 aliphatic carbocycles. The molecular weight excluding hydrogens is 194 g/mol. The average Bonchev–Trinajstić information content (AvgIpc) is 2.15. The van der Waals surface area contributed by atoms with Gasteiger partial charge in [0.15, 0.2) is 0 Å². The lowest BCUT2D eigenvalue weighted by molar-refractivity contribution is 0.547. The smallest absolute Gasteiger partial charge is 0.0114 e. The Labute approximate surface area is 98.4 Å². The third kappa shape index (κ3) is 2.53. The lowest BCUT2D eigenvalue weighted by Gasteiger charge is -2.25. The Balaban J connectivity index is 2.11. The van der Waals surface area contributed by atoms with Gasteiger partial charge in [-0.2, -0.15) is 0 Å². The van der Waals surface area contributed by atoms with E-state index in [1.54, 1.807) is 0 Å². The van der Waals surface area contributed by atoms with Crippen molar-refractivity contribution in [3.05, 3.63) is 41.0 Å². The second-order valence-corrected chi connectivity index (χ2v) is 5.84. The lowest BCUT2D eigenvalue weighted by atomic mass is 9.84. The highest BCUT2D eigenvalue weighted by molar-refractivity contribution is 5.55. The second kappa shape index (κ2) is 4.06. The van der Waals surface area contributed by atoms with Gasteiger partial charge in [-0.15, -0.1) is 0 Å². The van der Waals surface area contributed by atoms with E-state index in [-0.39, 0.29) is 5.41 Å². The van der Waals surface area contributed by atoms with Crippen LogP contribution < -0.4 is 5.73 Å². The van der Waals surface area contributed by atoms with Gasteiger partial charge in [0.1, 0.15) is 0 Å². The quantitative estimate of drug-likeness (QED) is 0.762. The first-order chi connectivity index (χ1) is 7.45. The van der Waals surface area contributed by atoms with Gasteiger partial charge in [-0.1, -0.05) is 56.7 Å². The highest BCUT2D eigenvalue weighted by Crippen LogP contribution is 2.28. The van der Waals surface area contributed by atoms with E-state index in [1.807, 2.05) is 0 Å². The molecule has 0 heterocycles. The maximum atomic E-state index is 5.76. The summed E-state index contributed by atoms with van der Waals surface area (Å²) >= 11 is 0. The molecule has 0 unspecified atom stereocenters. The Hall–Kier alpha value is -1.08. The Morgan fingerprint density at radius 1 is 1.12 bits per heavy atom. The molecule has 0 spiro atoms. The SMILES string of the molecule is CC(C)(C)c1ccc(C=C2CC(N)C2)cc1. The predicted molar refractivity (Wildman–Crippen MR) is 70.3 cm³/mol. The van der Waals surface area contributed by atoms with E-state index in [1.165, 1.54) is 16.7 Å². The van der Waals surface area contributed by atoms with Gasteiger partial charge in [0.05, 0.1) is 0 Å². The second-order valence-electron chi connectivity index (χ2n) is 5.84. The van der Waals surface area contributed by atoms with Crippen LogP contribution in [0.3, 0.4) is 0 Å². The summed E-state index contributed by atoms with van der Waals surface area (Å²) < 4.78 is 0. The summed E-state index contributed by atoms with van der Waals surface area (Å²) in [6.07, 6.45) is 4.41. The van der Waals surface area contributed by atoms with Crippen molar-refractivity contribution < 1.29 is 0 Å². The number of hydrogen-bond acceptors (Lipinski definition) is 1. The summed E-state index contributed by atoms with van der Waals surface area (Å²) in [5.74, 6) is 0. The molecule has 16 heavy (non-hydrogen) atoms. The summed E-state index contributed by atoms with van der Waals surface area (Å²) in [5.41, 5.74) is 10.2. The summed E-state index contributed by atoms with van der Waals surface area (Å²) in [6.45, 7) is 6.72. The zero-order valence-corrected chi connectivity index (χ0v) is 10.5. The van der Waals surface area contributed by atoms with Crippen LogP contribution in [0.15, 0.2) is 29.8 Å². The molecule has 0 saturated heterocycles. The molecular formula is C15H21N. The van der Waals surface area contributed by atoms with E-state index in [0.717, 1.165) is 12.8 Å². The van der Waals surface area contributed by atoms with Gasteiger partial charge in [0, 0.05) is 6.04 Å². The first-order valence-electron chi connectivity index (χ1n) is 6.01. The highest BCUT2D eigenvalue weighted by atomic mass is 14.7. The van der Waals surface area contributed by atoms with Gasteiger partial charge in [0.2, 0.25) is 0 Å². The van der Waals surface area contributed by atoms with Crippen LogP contribution >= 0.6 is 0 Å². The molecule has 0 atom stereocenters. The molecule has 0 bridgehead atoms. The van der Waals surface area contributed by atoms with Crippen molar-refractivity contribution in [2.24, 2.45) is 5.73 Å². The first-order valence-corrected chi connectivity index (χ1v) is 6.01. The van der Waals surface area contributed by atoms with E-state index in [4.69, 9.17) is 5.73 Å². The van der Waals surface area contributed by atoms with E-state index < -0.39 is 0 Å². The summed E-state index contributed by atoms with van der Waals surface area (Å²) in [4.78, 5) is 0. The van der Waals surface area contributed by atoms with Crippen LogP contribution in [-0.4, -0.2) is 6.04 Å². The minimum absolute atomic E-state index is 0.241. The van der Waals surface area contributed by atoms with Crippen molar-refractivity contribution in [1.82, 2.24) is 0 Å². The van der Waals surface area contributed by atoms with Crippen molar-refractivity contribution in [3.63, 3.8) is 0 Å². The van der Waals surface area contributed by atoms with Crippen molar-refractivity contribution in [2.75, 3.05) is 0 Å². The van der Waals surface area contributed by atoms with Crippen LogP contribution in [0.1, 0.15) is 44.7 Å². The van der Waals surface area contributed by atoms with E-state index >= 15 is 0 Å². The molecule has 2 rings (SSSR count). The van der Waals surface area contributed by atoms with Crippen molar-refractivity contribution in [3.8, 4) is 0 Å². The maximum absolute atomic E-state index is 5.76. The molecule has 1 aromatic rings.